The number of phenolic OH excluding ortho intramolecular Hbond substituents is 3. The van der Waals surface area contributed by atoms with Crippen molar-refractivity contribution in [1.82, 2.24) is 0 Å². The van der Waals surface area contributed by atoms with Crippen LogP contribution >= 0.6 is 0 Å². The Hall–Kier alpha value is -5.00. The Morgan fingerprint density at radius 3 is 1.04 bits per heavy atom. The fraction of sp³-hybridized carbons (Fsp3) is 0. The minimum Gasteiger partial charge on any atom is -0.744 e. The van der Waals surface area contributed by atoms with Crippen molar-refractivity contribution in [3.05, 3.63) is 109 Å². The molecule has 0 radical (unpaired) electrons. The van der Waals surface area contributed by atoms with E-state index in [1.54, 1.807) is 24.3 Å². The Morgan fingerprint density at radius 2 is 0.714 bits per heavy atom. The van der Waals surface area contributed by atoms with Crippen molar-refractivity contribution in [2.75, 3.05) is 5.73 Å². The number of aromatic hydroxyl groups is 3. The van der Waals surface area contributed by atoms with E-state index in [0.29, 0.717) is 34.9 Å². The van der Waals surface area contributed by atoms with Gasteiger partial charge in [-0.3, -0.25) is 0 Å². The predicted molar refractivity (Wildman–Crippen MR) is 192 cm³/mol. The summed E-state index contributed by atoms with van der Waals surface area (Å²) in [5.74, 6) is -0.844. The maximum Gasteiger partial charge on any atom is 1.00 e. The van der Waals surface area contributed by atoms with Crippen LogP contribution in [-0.4, -0.2) is 41.3 Å². The Labute approximate surface area is 362 Å². The molecule has 0 fully saturated rings. The number of phenols is 3. The first kappa shape index (κ1) is 43.7. The van der Waals surface area contributed by atoms with Gasteiger partial charge < -0.3 is 30.2 Å². The van der Waals surface area contributed by atoms with Crippen LogP contribution < -0.4 is 64.8 Å². The molecule has 6 aromatic carbocycles. The van der Waals surface area contributed by atoms with E-state index in [2.05, 4.69) is 40.9 Å². The van der Waals surface area contributed by atoms with E-state index in [9.17, 15) is 41.3 Å². The molecule has 0 saturated heterocycles. The average Bonchev–Trinajstić information content (AvgIpc) is 3.13. The van der Waals surface area contributed by atoms with Crippen LogP contribution in [0.2, 0.25) is 0 Å². The van der Waals surface area contributed by atoms with Gasteiger partial charge in [0, 0.05) is 0 Å². The van der Waals surface area contributed by atoms with Crippen LogP contribution in [-0.2, 0) is 20.2 Å². The van der Waals surface area contributed by atoms with Crippen molar-refractivity contribution >= 4 is 82.2 Å². The average molecular weight is 812 g/mol. The molecule has 6 aromatic rings. The molecule has 0 aliphatic rings. The SMILES string of the molecule is Nc1c(N=Nc2ccc(N=Nc3ccc(O)cc3)cc2)c(S(=O)(=O)[O-])cc2cc(S(=O)(=O)[O-])c(N=Nc3ccc(N=Nc4ccc(O)cc4)cc3)c(O)c12.[Na+].[Na+]. The Bertz CT molecular complexity index is 2550. The molecule has 0 heterocycles. The summed E-state index contributed by atoms with van der Waals surface area (Å²) < 4.78 is 73.8. The summed E-state index contributed by atoms with van der Waals surface area (Å²) in [5, 5.41) is 61.0. The molecule has 0 unspecified atom stereocenters. The molecule has 18 nitrogen and oxygen atoms in total. The van der Waals surface area contributed by atoms with E-state index in [4.69, 9.17) is 5.73 Å². The molecular formula is C34H23N9Na2O9S2. The first-order valence-electron chi connectivity index (χ1n) is 15.1. The summed E-state index contributed by atoms with van der Waals surface area (Å²) in [6, 6.07) is 25.2. The number of hydrogen-bond acceptors (Lipinski definition) is 18. The maximum absolute atomic E-state index is 12.3. The van der Waals surface area contributed by atoms with Crippen molar-refractivity contribution in [3.63, 3.8) is 0 Å². The monoisotopic (exact) mass is 811 g/mol. The van der Waals surface area contributed by atoms with Gasteiger partial charge in [-0.15, -0.1) is 10.2 Å². The topological polar surface area (TPSA) is 300 Å². The number of anilines is 1. The molecule has 0 bridgehead atoms. The third-order valence-electron chi connectivity index (χ3n) is 7.34. The first-order valence-corrected chi connectivity index (χ1v) is 18.0. The number of nitrogen functional groups attached to an aromatic ring is 1. The zero-order chi connectivity index (χ0) is 38.6. The van der Waals surface area contributed by atoms with Crippen LogP contribution in [0.3, 0.4) is 0 Å². The van der Waals surface area contributed by atoms with Gasteiger partial charge in [0.15, 0.2) is 5.75 Å². The molecule has 22 heteroatoms. The summed E-state index contributed by atoms with van der Waals surface area (Å²) in [7, 11) is -10.7. The van der Waals surface area contributed by atoms with Crippen LogP contribution in [0.25, 0.3) is 10.8 Å². The number of nitrogens with zero attached hydrogens (tertiary/aromatic N) is 8. The van der Waals surface area contributed by atoms with Gasteiger partial charge >= 0.3 is 59.1 Å². The normalized spacial score (nSPS) is 12.1. The third-order valence-corrected chi connectivity index (χ3v) is 9.04. The molecule has 0 amide bonds. The first-order chi connectivity index (χ1) is 25.7. The number of azo groups is 4. The molecule has 5 N–H and O–H groups in total. The van der Waals surface area contributed by atoms with Gasteiger partial charge in [0.2, 0.25) is 0 Å². The van der Waals surface area contributed by atoms with E-state index in [0.717, 1.165) is 0 Å². The molecule has 0 atom stereocenters. The van der Waals surface area contributed by atoms with E-state index < -0.39 is 63.6 Å². The summed E-state index contributed by atoms with van der Waals surface area (Å²) in [6.07, 6.45) is 0. The van der Waals surface area contributed by atoms with Crippen molar-refractivity contribution in [2.24, 2.45) is 40.9 Å². The number of benzene rings is 6. The van der Waals surface area contributed by atoms with Gasteiger partial charge in [0.25, 0.3) is 0 Å². The van der Waals surface area contributed by atoms with Crippen LogP contribution in [0.1, 0.15) is 0 Å². The molecule has 56 heavy (non-hydrogen) atoms. The summed E-state index contributed by atoms with van der Waals surface area (Å²) in [4.78, 5) is -2.09. The number of nitrogens with two attached hydrogens (primary N) is 1. The smallest absolute Gasteiger partial charge is 0.744 e. The summed E-state index contributed by atoms with van der Waals surface area (Å²) >= 11 is 0. The van der Waals surface area contributed by atoms with Gasteiger partial charge in [-0.1, -0.05) is 0 Å². The second-order valence-electron chi connectivity index (χ2n) is 11.1. The fourth-order valence-electron chi connectivity index (χ4n) is 4.75. The quantitative estimate of drug-likeness (QED) is 0.0678. The van der Waals surface area contributed by atoms with Crippen LogP contribution in [0.5, 0.6) is 17.2 Å². The molecule has 0 spiro atoms. The van der Waals surface area contributed by atoms with Crippen molar-refractivity contribution < 1.29 is 100 Å². The zero-order valence-corrected chi connectivity index (χ0v) is 34.8. The second-order valence-corrected chi connectivity index (χ2v) is 13.8. The molecule has 0 aliphatic heterocycles. The molecule has 0 aliphatic carbocycles. The molecule has 272 valence electrons. The Kier molecular flexibility index (Phi) is 14.3. The van der Waals surface area contributed by atoms with Crippen LogP contribution in [0.15, 0.2) is 160 Å². The van der Waals surface area contributed by atoms with Gasteiger partial charge in [-0.25, -0.2) is 16.8 Å². The van der Waals surface area contributed by atoms with Gasteiger partial charge in [0.1, 0.15) is 43.1 Å². The minimum atomic E-state index is -5.38. The van der Waals surface area contributed by atoms with Crippen LogP contribution in [0, 0.1) is 0 Å². The largest absolute Gasteiger partial charge is 1.00 e. The van der Waals surface area contributed by atoms with Crippen molar-refractivity contribution in [3.8, 4) is 17.2 Å². The molecule has 6 rings (SSSR count). The molecular weight excluding hydrogens is 789 g/mol. The standard InChI is InChI=1S/C34H25N9O9S2.2Na/c35-31-30-19(17-28(53(47,48)49)32(31)42-40-22-5-1-20(2-6-22)36-38-24-9-13-26(44)14-10-24)18-29(54(50,51)52)33(34(30)46)43-41-23-7-3-21(4-8-23)37-39-25-11-15-27(45)16-12-25;;/h1-18,44-46H,35H2,(H,47,48,49)(H,50,51,52);;/q;2*+1/p-2. The Morgan fingerprint density at radius 1 is 0.446 bits per heavy atom. The van der Waals surface area contributed by atoms with Crippen molar-refractivity contribution in [2.45, 2.75) is 9.79 Å². The zero-order valence-electron chi connectivity index (χ0n) is 29.2. The van der Waals surface area contributed by atoms with E-state index >= 15 is 0 Å². The summed E-state index contributed by atoms with van der Waals surface area (Å²) in [6.45, 7) is 0. The van der Waals surface area contributed by atoms with E-state index in [1.165, 1.54) is 72.8 Å². The van der Waals surface area contributed by atoms with Crippen molar-refractivity contribution in [1.29, 1.82) is 0 Å². The number of hydrogen-bond donors (Lipinski definition) is 4. The molecule has 0 aromatic heterocycles. The Balaban J connectivity index is 0.00000348. The minimum absolute atomic E-state index is 0. The third kappa shape index (κ3) is 10.6. The second kappa shape index (κ2) is 18.3. The summed E-state index contributed by atoms with van der Waals surface area (Å²) in [5.41, 5.74) is 6.18. The molecule has 0 saturated carbocycles. The van der Waals surface area contributed by atoms with Gasteiger partial charge in [-0.2, -0.15) is 30.7 Å². The van der Waals surface area contributed by atoms with Gasteiger partial charge in [0.05, 0.1) is 55.0 Å². The van der Waals surface area contributed by atoms with Crippen LogP contribution in [0.4, 0.5) is 51.2 Å². The fourth-order valence-corrected chi connectivity index (χ4v) is 6.05. The van der Waals surface area contributed by atoms with E-state index in [1.807, 2.05) is 0 Å². The van der Waals surface area contributed by atoms with Gasteiger partial charge in [-0.05, 0) is 115 Å². The maximum atomic E-state index is 12.3. The van der Waals surface area contributed by atoms with E-state index in [-0.39, 0.29) is 82.0 Å². The number of fused-ring (bicyclic) bond motifs is 1. The number of rotatable bonds is 10. The predicted octanol–water partition coefficient (Wildman–Crippen LogP) is 3.02.